The van der Waals surface area contributed by atoms with E-state index in [9.17, 15) is 9.59 Å². The van der Waals surface area contributed by atoms with Crippen LogP contribution in [0.15, 0.2) is 24.5 Å². The Morgan fingerprint density at radius 2 is 2.00 bits per heavy atom. The lowest BCUT2D eigenvalue weighted by Crippen LogP contribution is -2.27. The minimum atomic E-state index is -1.11. The molecule has 0 unspecified atom stereocenters. The van der Waals surface area contributed by atoms with Crippen LogP contribution < -0.4 is 0 Å². The summed E-state index contributed by atoms with van der Waals surface area (Å²) in [5, 5.41) is 9.15. The first-order valence-electron chi connectivity index (χ1n) is 5.72. The number of carboxylic acid groups (broad SMARTS) is 1. The van der Waals surface area contributed by atoms with E-state index in [0.29, 0.717) is 5.52 Å². The van der Waals surface area contributed by atoms with E-state index in [1.54, 1.807) is 32.9 Å². The summed E-state index contributed by atoms with van der Waals surface area (Å²) in [7, 11) is 0. The molecule has 0 saturated heterocycles. The molecule has 0 amide bonds. The van der Waals surface area contributed by atoms with Crippen LogP contribution in [0.25, 0.3) is 11.0 Å². The standard InChI is InChI=1S/C13H14N2O4/c1-13(2,3)19-12(18)15-7-14-9-6-4-5-8(10(9)15)11(16)17/h4-7H,1-3H3,(H,16,17). The summed E-state index contributed by atoms with van der Waals surface area (Å²) in [6.45, 7) is 5.21. The van der Waals surface area contributed by atoms with Gasteiger partial charge in [-0.2, -0.15) is 0 Å². The number of fused-ring (bicyclic) bond motifs is 1. The van der Waals surface area contributed by atoms with Gasteiger partial charge >= 0.3 is 12.1 Å². The Balaban J connectivity index is 2.56. The third-order valence-electron chi connectivity index (χ3n) is 2.39. The van der Waals surface area contributed by atoms with Gasteiger partial charge in [-0.1, -0.05) is 6.07 Å². The van der Waals surface area contributed by atoms with Crippen molar-refractivity contribution in [3.63, 3.8) is 0 Å². The summed E-state index contributed by atoms with van der Waals surface area (Å²) < 4.78 is 6.33. The number of para-hydroxylation sites is 1. The molecule has 1 aromatic heterocycles. The fourth-order valence-electron chi connectivity index (χ4n) is 1.69. The SMILES string of the molecule is CC(C)(C)OC(=O)n1cnc2cccc(C(=O)O)c21. The number of aromatic carboxylic acids is 1. The maximum Gasteiger partial charge on any atom is 0.420 e. The number of nitrogens with zero attached hydrogens (tertiary/aromatic N) is 2. The van der Waals surface area contributed by atoms with Crippen molar-refractivity contribution in [2.75, 3.05) is 0 Å². The normalized spacial score (nSPS) is 11.5. The second-order valence-corrected chi connectivity index (χ2v) is 5.07. The number of ether oxygens (including phenoxy) is 1. The maximum absolute atomic E-state index is 12.0. The molecule has 2 aromatic rings. The van der Waals surface area contributed by atoms with Crippen LogP contribution in [0.1, 0.15) is 31.1 Å². The number of hydrogen-bond acceptors (Lipinski definition) is 4. The Bertz CT molecular complexity index is 652. The molecule has 0 bridgehead atoms. The Hall–Kier alpha value is -2.37. The van der Waals surface area contributed by atoms with Gasteiger partial charge in [-0.3, -0.25) is 0 Å². The number of carboxylic acids is 1. The quantitative estimate of drug-likeness (QED) is 0.853. The number of carbonyl (C=O) groups excluding carboxylic acids is 1. The summed E-state index contributed by atoms with van der Waals surface area (Å²) in [6, 6.07) is 4.65. The zero-order chi connectivity index (χ0) is 14.2. The molecule has 6 nitrogen and oxygen atoms in total. The second-order valence-electron chi connectivity index (χ2n) is 5.07. The van der Waals surface area contributed by atoms with E-state index >= 15 is 0 Å². The van der Waals surface area contributed by atoms with E-state index in [0.717, 1.165) is 4.57 Å². The lowest BCUT2D eigenvalue weighted by Gasteiger charge is -2.19. The average Bonchev–Trinajstić information content (AvgIpc) is 2.69. The Morgan fingerprint density at radius 3 is 2.58 bits per heavy atom. The van der Waals surface area contributed by atoms with E-state index in [1.165, 1.54) is 12.4 Å². The molecule has 0 aliphatic carbocycles. The Labute approximate surface area is 109 Å². The molecule has 0 saturated carbocycles. The molecule has 0 atom stereocenters. The molecule has 100 valence electrons. The molecule has 0 fully saturated rings. The van der Waals surface area contributed by atoms with Gasteiger partial charge in [0, 0.05) is 0 Å². The van der Waals surface area contributed by atoms with Crippen molar-refractivity contribution in [3.8, 4) is 0 Å². The maximum atomic E-state index is 12.0. The number of imidazole rings is 1. The highest BCUT2D eigenvalue weighted by Gasteiger charge is 2.22. The van der Waals surface area contributed by atoms with E-state index in [4.69, 9.17) is 9.84 Å². The van der Waals surface area contributed by atoms with Gasteiger partial charge in [0.1, 0.15) is 11.9 Å². The van der Waals surface area contributed by atoms with Gasteiger partial charge in [-0.15, -0.1) is 0 Å². The third-order valence-corrected chi connectivity index (χ3v) is 2.39. The fourth-order valence-corrected chi connectivity index (χ4v) is 1.69. The van der Waals surface area contributed by atoms with E-state index in [-0.39, 0.29) is 11.1 Å². The van der Waals surface area contributed by atoms with Crippen molar-refractivity contribution in [1.82, 2.24) is 9.55 Å². The zero-order valence-corrected chi connectivity index (χ0v) is 10.9. The first-order chi connectivity index (χ1) is 8.79. The summed E-state index contributed by atoms with van der Waals surface area (Å²) in [6.07, 6.45) is 0.620. The predicted octanol–water partition coefficient (Wildman–Crippen LogP) is 2.52. The molecule has 6 heteroatoms. The topological polar surface area (TPSA) is 81.4 Å². The number of carbonyl (C=O) groups is 2. The van der Waals surface area contributed by atoms with Crippen LogP contribution in [0.4, 0.5) is 4.79 Å². The van der Waals surface area contributed by atoms with E-state index < -0.39 is 17.7 Å². The Kier molecular flexibility index (Phi) is 3.01. The number of aromatic nitrogens is 2. The predicted molar refractivity (Wildman–Crippen MR) is 68.3 cm³/mol. The number of hydrogen-bond donors (Lipinski definition) is 1. The average molecular weight is 262 g/mol. The molecular weight excluding hydrogens is 248 g/mol. The molecule has 1 heterocycles. The summed E-state index contributed by atoms with van der Waals surface area (Å²) >= 11 is 0. The van der Waals surface area contributed by atoms with Crippen molar-refractivity contribution < 1.29 is 19.4 Å². The smallest absolute Gasteiger partial charge is 0.420 e. The van der Waals surface area contributed by atoms with Crippen LogP contribution in [0.5, 0.6) is 0 Å². The molecule has 0 spiro atoms. The summed E-state index contributed by atoms with van der Waals surface area (Å²) in [4.78, 5) is 27.2. The van der Waals surface area contributed by atoms with Crippen LogP contribution in [-0.4, -0.2) is 32.3 Å². The largest absolute Gasteiger partial charge is 0.478 e. The number of benzene rings is 1. The highest BCUT2D eigenvalue weighted by Crippen LogP contribution is 2.19. The molecule has 19 heavy (non-hydrogen) atoms. The highest BCUT2D eigenvalue weighted by atomic mass is 16.6. The minimum Gasteiger partial charge on any atom is -0.478 e. The van der Waals surface area contributed by atoms with Crippen LogP contribution in [-0.2, 0) is 4.74 Å². The van der Waals surface area contributed by atoms with Crippen molar-refractivity contribution >= 4 is 23.1 Å². The molecule has 0 aliphatic heterocycles. The molecule has 1 N–H and O–H groups in total. The highest BCUT2D eigenvalue weighted by molar-refractivity contribution is 6.03. The fraction of sp³-hybridized carbons (Fsp3) is 0.308. The van der Waals surface area contributed by atoms with Gasteiger partial charge in [0.05, 0.1) is 16.6 Å². The lowest BCUT2D eigenvalue weighted by atomic mass is 10.2. The molecule has 0 radical (unpaired) electrons. The van der Waals surface area contributed by atoms with E-state index in [1.807, 2.05) is 0 Å². The van der Waals surface area contributed by atoms with Gasteiger partial charge in [-0.25, -0.2) is 19.1 Å². The van der Waals surface area contributed by atoms with Crippen LogP contribution >= 0.6 is 0 Å². The summed E-state index contributed by atoms with van der Waals surface area (Å²) in [5.41, 5.74) is 0.0297. The van der Waals surface area contributed by atoms with Crippen LogP contribution in [0, 0.1) is 0 Å². The van der Waals surface area contributed by atoms with Gasteiger partial charge < -0.3 is 9.84 Å². The number of rotatable bonds is 1. The van der Waals surface area contributed by atoms with Crippen LogP contribution in [0.3, 0.4) is 0 Å². The Morgan fingerprint density at radius 1 is 1.32 bits per heavy atom. The lowest BCUT2D eigenvalue weighted by molar-refractivity contribution is 0.0543. The molecule has 2 rings (SSSR count). The molecule has 0 aliphatic rings. The first-order valence-corrected chi connectivity index (χ1v) is 5.72. The van der Waals surface area contributed by atoms with Crippen LogP contribution in [0.2, 0.25) is 0 Å². The first kappa shape index (κ1) is 13.1. The van der Waals surface area contributed by atoms with Crippen molar-refractivity contribution in [3.05, 3.63) is 30.1 Å². The van der Waals surface area contributed by atoms with Crippen molar-refractivity contribution in [2.24, 2.45) is 0 Å². The zero-order valence-electron chi connectivity index (χ0n) is 10.9. The van der Waals surface area contributed by atoms with E-state index in [2.05, 4.69) is 4.98 Å². The summed E-state index contributed by atoms with van der Waals surface area (Å²) in [5.74, 6) is -1.11. The monoisotopic (exact) mass is 262 g/mol. The van der Waals surface area contributed by atoms with Gasteiger partial charge in [0.2, 0.25) is 0 Å². The second kappa shape index (κ2) is 4.38. The minimum absolute atomic E-state index is 0.0147. The van der Waals surface area contributed by atoms with Crippen molar-refractivity contribution in [2.45, 2.75) is 26.4 Å². The third kappa shape index (κ3) is 2.57. The molecule has 1 aromatic carbocycles. The van der Waals surface area contributed by atoms with Gasteiger partial charge in [-0.05, 0) is 32.9 Å². The van der Waals surface area contributed by atoms with Gasteiger partial charge in [0.25, 0.3) is 0 Å². The molecular formula is C13H14N2O4. The van der Waals surface area contributed by atoms with Crippen molar-refractivity contribution in [1.29, 1.82) is 0 Å². The van der Waals surface area contributed by atoms with Gasteiger partial charge in [0.15, 0.2) is 0 Å².